The second-order valence-electron chi connectivity index (χ2n) is 8.73. The highest BCUT2D eigenvalue weighted by Gasteiger charge is 2.20. The number of amides is 1. The zero-order chi connectivity index (χ0) is 22.9. The van der Waals surface area contributed by atoms with E-state index in [1.165, 1.54) is 35.3 Å². The van der Waals surface area contributed by atoms with Gasteiger partial charge in [0, 0.05) is 22.6 Å². The number of aryl methyl sites for hydroxylation is 5. The van der Waals surface area contributed by atoms with Gasteiger partial charge in [-0.1, -0.05) is 24.3 Å². The first-order valence-corrected chi connectivity index (χ1v) is 13.1. The van der Waals surface area contributed by atoms with E-state index in [0.717, 1.165) is 38.6 Å². The molecule has 0 aliphatic heterocycles. The smallest absolute Gasteiger partial charge is 0.259 e. The molecule has 2 N–H and O–H groups in total. The van der Waals surface area contributed by atoms with Gasteiger partial charge in [-0.3, -0.25) is 9.59 Å². The summed E-state index contributed by atoms with van der Waals surface area (Å²) in [6.45, 7) is 3.95. The Morgan fingerprint density at radius 2 is 2.00 bits per heavy atom. The fraction of sp³-hybridized carbons (Fsp3) is 0.346. The quantitative estimate of drug-likeness (QED) is 0.391. The largest absolute Gasteiger partial charge is 0.344 e. The van der Waals surface area contributed by atoms with E-state index in [4.69, 9.17) is 0 Å². The molecule has 0 radical (unpaired) electrons. The maximum Gasteiger partial charge on any atom is 0.259 e. The van der Waals surface area contributed by atoms with Crippen LogP contribution in [-0.4, -0.2) is 15.9 Å². The summed E-state index contributed by atoms with van der Waals surface area (Å²) in [6, 6.07) is 10.6. The minimum absolute atomic E-state index is 0.0487. The van der Waals surface area contributed by atoms with Crippen LogP contribution in [0.4, 0.5) is 0 Å². The molecular formula is C26H27N3O2S2. The van der Waals surface area contributed by atoms with Gasteiger partial charge < -0.3 is 10.3 Å². The number of H-pyrrole nitrogens is 1. The molecule has 0 saturated carbocycles. The molecule has 0 bridgehead atoms. The molecule has 4 aromatic rings. The van der Waals surface area contributed by atoms with Crippen molar-refractivity contribution in [2.45, 2.75) is 58.4 Å². The van der Waals surface area contributed by atoms with Crippen molar-refractivity contribution >= 4 is 38.8 Å². The lowest BCUT2D eigenvalue weighted by molar-refractivity contribution is -0.121. The SMILES string of the molecule is Cc1sc2nc(CCC(=O)NC(c3ccc4c(c3)CCCC4)c3cccs3)[nH]c(=O)c2c1C. The summed E-state index contributed by atoms with van der Waals surface area (Å²) in [5, 5.41) is 5.94. The van der Waals surface area contributed by atoms with Gasteiger partial charge in [-0.2, -0.15) is 0 Å². The van der Waals surface area contributed by atoms with Crippen LogP contribution in [0.15, 0.2) is 40.5 Å². The predicted molar refractivity (Wildman–Crippen MR) is 135 cm³/mol. The van der Waals surface area contributed by atoms with Crippen molar-refractivity contribution in [3.63, 3.8) is 0 Å². The second kappa shape index (κ2) is 9.23. The Labute approximate surface area is 200 Å². The lowest BCUT2D eigenvalue weighted by atomic mass is 9.89. The Balaban J connectivity index is 1.33. The van der Waals surface area contributed by atoms with Crippen molar-refractivity contribution in [2.75, 3.05) is 0 Å². The van der Waals surface area contributed by atoms with Crippen molar-refractivity contribution in [1.29, 1.82) is 0 Å². The van der Waals surface area contributed by atoms with E-state index < -0.39 is 0 Å². The molecule has 7 heteroatoms. The van der Waals surface area contributed by atoms with Crippen molar-refractivity contribution < 1.29 is 4.79 Å². The zero-order valence-corrected chi connectivity index (χ0v) is 20.5. The number of benzene rings is 1. The van der Waals surface area contributed by atoms with Gasteiger partial charge in [-0.25, -0.2) is 4.98 Å². The van der Waals surface area contributed by atoms with E-state index in [9.17, 15) is 9.59 Å². The van der Waals surface area contributed by atoms with Gasteiger partial charge in [0.1, 0.15) is 10.7 Å². The van der Waals surface area contributed by atoms with Crippen LogP contribution in [-0.2, 0) is 24.1 Å². The molecule has 0 saturated heterocycles. The lowest BCUT2D eigenvalue weighted by Crippen LogP contribution is -2.29. The Morgan fingerprint density at radius 3 is 2.79 bits per heavy atom. The maximum absolute atomic E-state index is 13.0. The number of thiophene rings is 2. The van der Waals surface area contributed by atoms with Crippen molar-refractivity contribution in [1.82, 2.24) is 15.3 Å². The molecule has 1 aliphatic carbocycles. The molecule has 3 aromatic heterocycles. The lowest BCUT2D eigenvalue weighted by Gasteiger charge is -2.22. The van der Waals surface area contributed by atoms with Gasteiger partial charge in [0.25, 0.3) is 5.56 Å². The highest BCUT2D eigenvalue weighted by Crippen LogP contribution is 2.30. The Bertz CT molecular complexity index is 1370. The van der Waals surface area contributed by atoms with Crippen LogP contribution < -0.4 is 10.9 Å². The van der Waals surface area contributed by atoms with E-state index in [1.807, 2.05) is 25.3 Å². The van der Waals surface area contributed by atoms with E-state index in [2.05, 4.69) is 39.6 Å². The summed E-state index contributed by atoms with van der Waals surface area (Å²) >= 11 is 3.18. The van der Waals surface area contributed by atoms with Gasteiger partial charge in [0.2, 0.25) is 5.91 Å². The molecule has 0 fully saturated rings. The number of fused-ring (bicyclic) bond motifs is 2. The van der Waals surface area contributed by atoms with Crippen LogP contribution in [0, 0.1) is 13.8 Å². The van der Waals surface area contributed by atoms with E-state index >= 15 is 0 Å². The Morgan fingerprint density at radius 1 is 1.18 bits per heavy atom. The first kappa shape index (κ1) is 22.0. The molecule has 5 nitrogen and oxygen atoms in total. The van der Waals surface area contributed by atoms with Crippen LogP contribution in [0.2, 0.25) is 0 Å². The summed E-state index contributed by atoms with van der Waals surface area (Å²) in [7, 11) is 0. The third-order valence-electron chi connectivity index (χ3n) is 6.52. The predicted octanol–water partition coefficient (Wildman–Crippen LogP) is 5.38. The first-order valence-electron chi connectivity index (χ1n) is 11.4. The van der Waals surface area contributed by atoms with Crippen LogP contribution in [0.5, 0.6) is 0 Å². The standard InChI is InChI=1S/C26H27N3O2S2/c1-15-16(2)33-26-23(15)25(31)27-21(28-26)11-12-22(30)29-24(20-8-5-13-32-20)19-10-9-17-6-3-4-7-18(17)14-19/h5,8-10,13-14,24H,3-4,6-7,11-12H2,1-2H3,(H,29,30)(H,27,28,31). The number of aromatic amines is 1. The number of nitrogens with one attached hydrogen (secondary N) is 2. The molecular weight excluding hydrogens is 450 g/mol. The van der Waals surface area contributed by atoms with Crippen LogP contribution in [0.25, 0.3) is 10.2 Å². The van der Waals surface area contributed by atoms with E-state index in [0.29, 0.717) is 17.6 Å². The van der Waals surface area contributed by atoms with Crippen LogP contribution in [0.1, 0.15) is 63.1 Å². The summed E-state index contributed by atoms with van der Waals surface area (Å²) in [5.74, 6) is 0.512. The molecule has 1 unspecified atom stereocenters. The molecule has 3 heterocycles. The summed E-state index contributed by atoms with van der Waals surface area (Å²) in [6.07, 6.45) is 5.40. The number of rotatable bonds is 6. The maximum atomic E-state index is 13.0. The normalized spacial score (nSPS) is 14.2. The topological polar surface area (TPSA) is 74.8 Å². The third-order valence-corrected chi connectivity index (χ3v) is 8.55. The number of aromatic nitrogens is 2. The fourth-order valence-electron chi connectivity index (χ4n) is 4.59. The van der Waals surface area contributed by atoms with Gasteiger partial charge in [0.15, 0.2) is 0 Å². The Kier molecular flexibility index (Phi) is 6.17. The molecule has 170 valence electrons. The number of hydrogen-bond acceptors (Lipinski definition) is 5. The number of carbonyl (C=O) groups excluding carboxylic acids is 1. The van der Waals surface area contributed by atoms with Crippen molar-refractivity contribution in [3.8, 4) is 0 Å². The molecule has 1 aromatic carbocycles. The molecule has 1 amide bonds. The monoisotopic (exact) mass is 477 g/mol. The van der Waals surface area contributed by atoms with Gasteiger partial charge >= 0.3 is 0 Å². The highest BCUT2D eigenvalue weighted by atomic mass is 32.1. The van der Waals surface area contributed by atoms with Gasteiger partial charge in [-0.15, -0.1) is 22.7 Å². The average Bonchev–Trinajstić information content (AvgIpc) is 3.44. The molecule has 0 spiro atoms. The zero-order valence-electron chi connectivity index (χ0n) is 18.9. The minimum Gasteiger partial charge on any atom is -0.344 e. The van der Waals surface area contributed by atoms with E-state index in [-0.39, 0.29) is 23.9 Å². The van der Waals surface area contributed by atoms with Gasteiger partial charge in [-0.05, 0) is 73.2 Å². The summed E-state index contributed by atoms with van der Waals surface area (Å²) < 4.78 is 0. The molecule has 5 rings (SSSR count). The van der Waals surface area contributed by atoms with Crippen molar-refractivity contribution in [3.05, 3.63) is 83.9 Å². The van der Waals surface area contributed by atoms with E-state index in [1.54, 1.807) is 11.3 Å². The molecule has 1 atom stereocenters. The minimum atomic E-state index is -0.165. The number of nitrogens with zero attached hydrogens (tertiary/aromatic N) is 1. The summed E-state index contributed by atoms with van der Waals surface area (Å²) in [4.78, 5) is 35.9. The molecule has 33 heavy (non-hydrogen) atoms. The molecule has 1 aliphatic rings. The van der Waals surface area contributed by atoms with Crippen LogP contribution in [0.3, 0.4) is 0 Å². The summed E-state index contributed by atoms with van der Waals surface area (Å²) in [5.41, 5.74) is 4.83. The first-order chi connectivity index (χ1) is 16.0. The highest BCUT2D eigenvalue weighted by molar-refractivity contribution is 7.18. The Hall–Kier alpha value is -2.77. The van der Waals surface area contributed by atoms with Gasteiger partial charge in [0.05, 0.1) is 11.4 Å². The second-order valence-corrected chi connectivity index (χ2v) is 10.9. The number of hydrogen-bond donors (Lipinski definition) is 2. The third kappa shape index (κ3) is 4.52. The van der Waals surface area contributed by atoms with Crippen molar-refractivity contribution in [2.24, 2.45) is 0 Å². The average molecular weight is 478 g/mol. The van der Waals surface area contributed by atoms with Crippen LogP contribution >= 0.6 is 22.7 Å². The number of carbonyl (C=O) groups is 1. The fourth-order valence-corrected chi connectivity index (χ4v) is 6.44.